The van der Waals surface area contributed by atoms with Crippen LogP contribution in [0.1, 0.15) is 17.4 Å². The van der Waals surface area contributed by atoms with Crippen LogP contribution in [0.15, 0.2) is 54.6 Å². The number of carbonyl (C=O) groups is 1. The van der Waals surface area contributed by atoms with Crippen molar-refractivity contribution in [1.82, 2.24) is 9.78 Å². The summed E-state index contributed by atoms with van der Waals surface area (Å²) in [6.45, 7) is 1.95. The van der Waals surface area contributed by atoms with Gasteiger partial charge in [-0.25, -0.2) is 9.48 Å². The maximum atomic E-state index is 12.1. The first-order valence-corrected chi connectivity index (χ1v) is 8.20. The van der Waals surface area contributed by atoms with Gasteiger partial charge in [0.1, 0.15) is 0 Å². The van der Waals surface area contributed by atoms with Crippen molar-refractivity contribution in [2.24, 2.45) is 0 Å². The highest BCUT2D eigenvalue weighted by Gasteiger charge is 2.20. The minimum atomic E-state index is -0.540. The van der Waals surface area contributed by atoms with Gasteiger partial charge in [-0.2, -0.15) is 5.10 Å². The molecule has 27 heavy (non-hydrogen) atoms. The summed E-state index contributed by atoms with van der Waals surface area (Å²) in [6, 6.07) is 15.4. The van der Waals surface area contributed by atoms with E-state index in [0.717, 1.165) is 5.56 Å². The number of hydrogen-bond donors (Lipinski definition) is 0. The minimum absolute atomic E-state index is 0.102. The highest BCUT2D eigenvalue weighted by molar-refractivity contribution is 5.89. The molecule has 0 N–H and O–H groups in total. The molecule has 2 aromatic carbocycles. The second-order valence-electron chi connectivity index (χ2n) is 5.53. The topological polar surface area (TPSA) is 96.5 Å². The van der Waals surface area contributed by atoms with E-state index in [2.05, 4.69) is 5.10 Å². The first kappa shape index (κ1) is 18.1. The first-order valence-electron chi connectivity index (χ1n) is 8.20. The summed E-state index contributed by atoms with van der Waals surface area (Å²) in [5, 5.41) is 15.5. The van der Waals surface area contributed by atoms with E-state index >= 15 is 0 Å². The summed E-state index contributed by atoms with van der Waals surface area (Å²) in [4.78, 5) is 22.7. The second-order valence-corrected chi connectivity index (χ2v) is 5.53. The van der Waals surface area contributed by atoms with Gasteiger partial charge in [0.25, 0.3) is 0 Å². The average Bonchev–Trinajstić information content (AvgIpc) is 3.14. The smallest absolute Gasteiger partial charge is 0.358 e. The van der Waals surface area contributed by atoms with Gasteiger partial charge in [-0.05, 0) is 19.1 Å². The quantitative estimate of drug-likeness (QED) is 0.375. The molecule has 0 aliphatic rings. The number of carbonyl (C=O) groups excluding carboxylic acids is 1. The van der Waals surface area contributed by atoms with Crippen LogP contribution in [-0.4, -0.2) is 34.4 Å². The van der Waals surface area contributed by atoms with E-state index in [1.54, 1.807) is 19.1 Å². The van der Waals surface area contributed by atoms with Crippen molar-refractivity contribution >= 4 is 11.7 Å². The van der Waals surface area contributed by atoms with E-state index in [1.807, 2.05) is 30.3 Å². The largest absolute Gasteiger partial charge is 0.490 e. The molecule has 1 aromatic heterocycles. The van der Waals surface area contributed by atoms with Gasteiger partial charge in [-0.3, -0.25) is 10.1 Å². The number of aromatic nitrogens is 2. The molecular formula is C19H17N3O5. The molecular weight excluding hydrogens is 350 g/mol. The zero-order valence-corrected chi connectivity index (χ0v) is 14.8. The number of nitro benzene ring substituents is 1. The molecule has 0 spiro atoms. The Bertz CT molecular complexity index is 982. The Kier molecular flexibility index (Phi) is 5.16. The van der Waals surface area contributed by atoms with Crippen molar-refractivity contribution in [2.75, 3.05) is 13.7 Å². The van der Waals surface area contributed by atoms with Crippen LogP contribution < -0.4 is 4.74 Å². The van der Waals surface area contributed by atoms with Gasteiger partial charge in [0, 0.05) is 17.7 Å². The highest BCUT2D eigenvalue weighted by Crippen LogP contribution is 2.31. The normalized spacial score (nSPS) is 10.4. The van der Waals surface area contributed by atoms with Crippen LogP contribution in [0, 0.1) is 10.1 Å². The van der Waals surface area contributed by atoms with Crippen molar-refractivity contribution in [3.8, 4) is 22.7 Å². The molecule has 1 heterocycles. The molecule has 0 aliphatic carbocycles. The molecule has 0 unspecified atom stereocenters. The molecule has 0 saturated heterocycles. The summed E-state index contributed by atoms with van der Waals surface area (Å²) in [6.07, 6.45) is 0. The third-order valence-electron chi connectivity index (χ3n) is 3.87. The lowest BCUT2D eigenvalue weighted by atomic mass is 10.1. The number of esters is 1. The maximum Gasteiger partial charge on any atom is 0.358 e. The fourth-order valence-electron chi connectivity index (χ4n) is 2.65. The SMILES string of the molecule is CCOC(=O)c1cc(-c2ccccc2)n(-c2ccc([N+](=O)[O-])c(OC)c2)n1. The summed E-state index contributed by atoms with van der Waals surface area (Å²) in [5.74, 6) is -0.438. The van der Waals surface area contributed by atoms with Gasteiger partial charge >= 0.3 is 11.7 Å². The Morgan fingerprint density at radius 2 is 1.93 bits per heavy atom. The van der Waals surface area contributed by atoms with E-state index in [-0.39, 0.29) is 23.7 Å². The monoisotopic (exact) mass is 367 g/mol. The first-order chi connectivity index (χ1) is 13.0. The van der Waals surface area contributed by atoms with Crippen LogP contribution in [-0.2, 0) is 4.74 Å². The summed E-state index contributed by atoms with van der Waals surface area (Å²) >= 11 is 0. The van der Waals surface area contributed by atoms with Crippen LogP contribution >= 0.6 is 0 Å². The Hall–Kier alpha value is -3.68. The molecule has 3 aromatic rings. The van der Waals surface area contributed by atoms with E-state index in [4.69, 9.17) is 9.47 Å². The molecule has 0 saturated carbocycles. The Morgan fingerprint density at radius 1 is 1.19 bits per heavy atom. The second kappa shape index (κ2) is 7.69. The molecule has 0 aliphatic heterocycles. The fraction of sp³-hybridized carbons (Fsp3) is 0.158. The van der Waals surface area contributed by atoms with Gasteiger partial charge < -0.3 is 9.47 Å². The molecule has 0 fully saturated rings. The lowest BCUT2D eigenvalue weighted by molar-refractivity contribution is -0.385. The summed E-state index contributed by atoms with van der Waals surface area (Å²) in [7, 11) is 1.36. The summed E-state index contributed by atoms with van der Waals surface area (Å²) in [5.41, 5.74) is 1.99. The molecule has 0 radical (unpaired) electrons. The van der Waals surface area contributed by atoms with Crippen molar-refractivity contribution < 1.29 is 19.2 Å². The zero-order chi connectivity index (χ0) is 19.4. The number of nitrogens with zero attached hydrogens (tertiary/aromatic N) is 3. The number of methoxy groups -OCH3 is 1. The van der Waals surface area contributed by atoms with Crippen molar-refractivity contribution in [1.29, 1.82) is 0 Å². The number of benzene rings is 2. The number of ether oxygens (including phenoxy) is 2. The zero-order valence-electron chi connectivity index (χ0n) is 14.8. The van der Waals surface area contributed by atoms with Crippen molar-refractivity contribution in [2.45, 2.75) is 6.92 Å². The van der Waals surface area contributed by atoms with E-state index < -0.39 is 10.9 Å². The third kappa shape index (κ3) is 3.64. The molecule has 0 atom stereocenters. The minimum Gasteiger partial charge on any atom is -0.490 e. The van der Waals surface area contributed by atoms with Gasteiger partial charge in [0.2, 0.25) is 0 Å². The van der Waals surface area contributed by atoms with Crippen LogP contribution in [0.25, 0.3) is 16.9 Å². The maximum absolute atomic E-state index is 12.1. The lowest BCUT2D eigenvalue weighted by Crippen LogP contribution is -2.07. The Labute approximate surface area is 155 Å². The predicted octanol–water partition coefficient (Wildman–Crippen LogP) is 3.63. The number of rotatable bonds is 6. The molecule has 8 nitrogen and oxygen atoms in total. The van der Waals surface area contributed by atoms with Gasteiger partial charge in [0.05, 0.1) is 30.0 Å². The predicted molar refractivity (Wildman–Crippen MR) is 98.2 cm³/mol. The molecule has 3 rings (SSSR count). The average molecular weight is 367 g/mol. The van der Waals surface area contributed by atoms with Crippen LogP contribution in [0.4, 0.5) is 5.69 Å². The number of hydrogen-bond acceptors (Lipinski definition) is 6. The summed E-state index contributed by atoms with van der Waals surface area (Å²) < 4.78 is 11.7. The van der Waals surface area contributed by atoms with Gasteiger partial charge in [0.15, 0.2) is 11.4 Å². The van der Waals surface area contributed by atoms with Crippen LogP contribution in [0.5, 0.6) is 5.75 Å². The lowest BCUT2D eigenvalue weighted by Gasteiger charge is -2.09. The van der Waals surface area contributed by atoms with Crippen molar-refractivity contribution in [3.05, 3.63) is 70.4 Å². The van der Waals surface area contributed by atoms with E-state index in [0.29, 0.717) is 11.4 Å². The molecule has 0 amide bonds. The van der Waals surface area contributed by atoms with Crippen LogP contribution in [0.3, 0.4) is 0 Å². The van der Waals surface area contributed by atoms with E-state index in [1.165, 1.54) is 23.9 Å². The van der Waals surface area contributed by atoms with Crippen molar-refractivity contribution in [3.63, 3.8) is 0 Å². The van der Waals surface area contributed by atoms with Gasteiger partial charge in [-0.15, -0.1) is 0 Å². The van der Waals surface area contributed by atoms with E-state index in [9.17, 15) is 14.9 Å². The number of nitro groups is 1. The Balaban J connectivity index is 2.16. The third-order valence-corrected chi connectivity index (χ3v) is 3.87. The molecule has 8 heteroatoms. The fourth-order valence-corrected chi connectivity index (χ4v) is 2.65. The highest BCUT2D eigenvalue weighted by atomic mass is 16.6. The van der Waals surface area contributed by atoms with Crippen LogP contribution in [0.2, 0.25) is 0 Å². The molecule has 0 bridgehead atoms. The Morgan fingerprint density at radius 3 is 2.56 bits per heavy atom. The standard InChI is InChI=1S/C19H17N3O5/c1-3-27-19(23)15-12-17(13-7-5-4-6-8-13)21(20-15)14-9-10-16(22(24)25)18(11-14)26-2/h4-12H,3H2,1-2H3. The molecule has 138 valence electrons. The van der Waals surface area contributed by atoms with Gasteiger partial charge in [-0.1, -0.05) is 30.3 Å².